The number of phenolic OH excluding ortho intramolecular Hbond substituents is 1. The van der Waals surface area contributed by atoms with Crippen LogP contribution in [0.4, 0.5) is 19.0 Å². The lowest BCUT2D eigenvalue weighted by Crippen LogP contribution is -2.09. The first-order chi connectivity index (χ1) is 11.8. The minimum atomic E-state index is -4.56. The lowest BCUT2D eigenvalue weighted by atomic mass is 9.98. The van der Waals surface area contributed by atoms with Gasteiger partial charge in [0.1, 0.15) is 23.2 Å². The number of nitriles is 1. The van der Waals surface area contributed by atoms with Crippen LogP contribution in [0.1, 0.15) is 48.4 Å². The number of rotatable bonds is 2. The van der Waals surface area contributed by atoms with E-state index >= 15 is 0 Å². The number of nitrogens with two attached hydrogens (primary N) is 1. The Morgan fingerprint density at radius 1 is 1.20 bits per heavy atom. The molecule has 1 aromatic carbocycles. The first-order valence-electron chi connectivity index (χ1n) is 7.79. The molecule has 5 nitrogen and oxygen atoms in total. The van der Waals surface area contributed by atoms with E-state index in [4.69, 9.17) is 5.73 Å². The van der Waals surface area contributed by atoms with Gasteiger partial charge in [-0.25, -0.2) is 9.97 Å². The molecule has 0 radical (unpaired) electrons. The highest BCUT2D eigenvalue weighted by molar-refractivity contribution is 5.68. The molecule has 0 saturated heterocycles. The number of aromatic hydroxyl groups is 1. The number of aromatic nitrogens is 2. The second-order valence-electron chi connectivity index (χ2n) is 6.02. The first kappa shape index (κ1) is 17.0. The average molecular weight is 348 g/mol. The number of halogens is 3. The van der Waals surface area contributed by atoms with Crippen LogP contribution in [0.3, 0.4) is 0 Å². The summed E-state index contributed by atoms with van der Waals surface area (Å²) in [4.78, 5) is 8.25. The van der Waals surface area contributed by atoms with Crippen molar-refractivity contribution in [2.45, 2.75) is 37.8 Å². The van der Waals surface area contributed by atoms with Gasteiger partial charge in [0.2, 0.25) is 0 Å². The summed E-state index contributed by atoms with van der Waals surface area (Å²) in [5, 5.41) is 19.3. The molecule has 25 heavy (non-hydrogen) atoms. The summed E-state index contributed by atoms with van der Waals surface area (Å²) in [5.74, 6) is -0.561. The molecule has 1 aromatic heterocycles. The first-order valence-corrected chi connectivity index (χ1v) is 7.79. The molecule has 1 aliphatic rings. The summed E-state index contributed by atoms with van der Waals surface area (Å²) in [6.45, 7) is 0. The Bertz CT molecular complexity index is 852. The van der Waals surface area contributed by atoms with Gasteiger partial charge in [0.15, 0.2) is 5.82 Å². The van der Waals surface area contributed by atoms with Crippen molar-refractivity contribution >= 4 is 5.82 Å². The molecule has 1 fully saturated rings. The third-order valence-electron chi connectivity index (χ3n) is 4.38. The summed E-state index contributed by atoms with van der Waals surface area (Å²) >= 11 is 0. The van der Waals surface area contributed by atoms with Gasteiger partial charge in [-0.1, -0.05) is 12.8 Å². The zero-order chi connectivity index (χ0) is 18.2. The highest BCUT2D eigenvalue weighted by Crippen LogP contribution is 2.39. The molecule has 0 bridgehead atoms. The van der Waals surface area contributed by atoms with E-state index in [1.54, 1.807) is 0 Å². The molecule has 0 amide bonds. The van der Waals surface area contributed by atoms with Crippen LogP contribution >= 0.6 is 0 Å². The molecule has 1 saturated carbocycles. The smallest absolute Gasteiger partial charge is 0.416 e. The maximum Gasteiger partial charge on any atom is 0.416 e. The van der Waals surface area contributed by atoms with Crippen LogP contribution in [0, 0.1) is 11.3 Å². The van der Waals surface area contributed by atoms with Gasteiger partial charge in [0, 0.05) is 5.92 Å². The molecule has 0 unspecified atom stereocenters. The SMILES string of the molecule is N#Cc1c(N)nc(-c2cc(C(F)(F)F)ccc2O)nc1C1CCCC1. The van der Waals surface area contributed by atoms with Crippen molar-refractivity contribution < 1.29 is 18.3 Å². The lowest BCUT2D eigenvalue weighted by Gasteiger charge is -2.15. The number of anilines is 1. The van der Waals surface area contributed by atoms with Crippen molar-refractivity contribution in [2.24, 2.45) is 0 Å². The van der Waals surface area contributed by atoms with Crippen LogP contribution in [0.25, 0.3) is 11.4 Å². The molecule has 1 heterocycles. The van der Waals surface area contributed by atoms with E-state index in [-0.39, 0.29) is 34.4 Å². The molecule has 0 spiro atoms. The average Bonchev–Trinajstić information content (AvgIpc) is 3.07. The fraction of sp³-hybridized carbons (Fsp3) is 0.353. The van der Waals surface area contributed by atoms with E-state index in [2.05, 4.69) is 9.97 Å². The Labute approximate surface area is 141 Å². The van der Waals surface area contributed by atoms with E-state index in [1.807, 2.05) is 6.07 Å². The van der Waals surface area contributed by atoms with Crippen molar-refractivity contribution in [1.29, 1.82) is 5.26 Å². The van der Waals surface area contributed by atoms with Crippen LogP contribution in [0.15, 0.2) is 18.2 Å². The lowest BCUT2D eigenvalue weighted by molar-refractivity contribution is -0.137. The number of nitrogens with zero attached hydrogens (tertiary/aromatic N) is 3. The van der Waals surface area contributed by atoms with E-state index in [0.29, 0.717) is 5.69 Å². The molecular formula is C17H15F3N4O. The third kappa shape index (κ3) is 3.22. The van der Waals surface area contributed by atoms with Gasteiger partial charge in [0.05, 0.1) is 16.8 Å². The third-order valence-corrected chi connectivity index (χ3v) is 4.38. The topological polar surface area (TPSA) is 95.8 Å². The van der Waals surface area contributed by atoms with Gasteiger partial charge in [-0.3, -0.25) is 0 Å². The maximum atomic E-state index is 12.9. The van der Waals surface area contributed by atoms with E-state index in [0.717, 1.165) is 43.9 Å². The predicted molar refractivity (Wildman–Crippen MR) is 84.5 cm³/mol. The van der Waals surface area contributed by atoms with Crippen LogP contribution in [-0.4, -0.2) is 15.1 Å². The zero-order valence-corrected chi connectivity index (χ0v) is 13.1. The van der Waals surface area contributed by atoms with E-state index in [9.17, 15) is 23.5 Å². The van der Waals surface area contributed by atoms with Gasteiger partial charge in [-0.15, -0.1) is 0 Å². The minimum absolute atomic E-state index is 0.0200. The maximum absolute atomic E-state index is 12.9. The monoisotopic (exact) mass is 348 g/mol. The van der Waals surface area contributed by atoms with Crippen LogP contribution in [-0.2, 0) is 6.18 Å². The van der Waals surface area contributed by atoms with Crippen molar-refractivity contribution in [3.63, 3.8) is 0 Å². The van der Waals surface area contributed by atoms with Crippen LogP contribution in [0.2, 0.25) is 0 Å². The van der Waals surface area contributed by atoms with Crippen molar-refractivity contribution in [2.75, 3.05) is 5.73 Å². The second kappa shape index (κ2) is 6.24. The number of nitrogen functional groups attached to an aromatic ring is 1. The Kier molecular flexibility index (Phi) is 4.25. The van der Waals surface area contributed by atoms with Crippen molar-refractivity contribution in [1.82, 2.24) is 9.97 Å². The van der Waals surface area contributed by atoms with E-state index < -0.39 is 11.7 Å². The van der Waals surface area contributed by atoms with Crippen LogP contribution in [0.5, 0.6) is 5.75 Å². The Morgan fingerprint density at radius 3 is 2.48 bits per heavy atom. The Hall–Kier alpha value is -2.82. The predicted octanol–water partition coefficient (Wildman–Crippen LogP) is 3.98. The summed E-state index contributed by atoms with van der Waals surface area (Å²) in [6, 6.07) is 4.49. The van der Waals surface area contributed by atoms with Crippen LogP contribution < -0.4 is 5.73 Å². The Balaban J connectivity index is 2.17. The quantitative estimate of drug-likeness (QED) is 0.856. The highest BCUT2D eigenvalue weighted by Gasteiger charge is 2.32. The van der Waals surface area contributed by atoms with Gasteiger partial charge >= 0.3 is 6.18 Å². The molecular weight excluding hydrogens is 333 g/mol. The molecule has 0 atom stereocenters. The minimum Gasteiger partial charge on any atom is -0.507 e. The normalized spacial score (nSPS) is 15.3. The molecule has 2 aromatic rings. The number of alkyl halides is 3. The zero-order valence-electron chi connectivity index (χ0n) is 13.1. The number of hydrogen-bond acceptors (Lipinski definition) is 5. The number of hydrogen-bond donors (Lipinski definition) is 2. The molecule has 0 aliphatic heterocycles. The summed E-state index contributed by atoms with van der Waals surface area (Å²) < 4.78 is 38.8. The van der Waals surface area contributed by atoms with Gasteiger partial charge in [0.25, 0.3) is 0 Å². The summed E-state index contributed by atoms with van der Waals surface area (Å²) in [7, 11) is 0. The number of phenols is 1. The molecule has 3 N–H and O–H groups in total. The van der Waals surface area contributed by atoms with Gasteiger partial charge in [-0.2, -0.15) is 18.4 Å². The summed E-state index contributed by atoms with van der Waals surface area (Å²) in [6.07, 6.45) is -0.916. The molecule has 130 valence electrons. The molecule has 8 heteroatoms. The number of benzene rings is 1. The fourth-order valence-electron chi connectivity index (χ4n) is 3.12. The van der Waals surface area contributed by atoms with Crippen molar-refractivity contribution in [3.8, 4) is 23.2 Å². The van der Waals surface area contributed by atoms with Gasteiger partial charge in [-0.05, 0) is 31.0 Å². The summed E-state index contributed by atoms with van der Waals surface area (Å²) in [5.41, 5.74) is 5.35. The highest BCUT2D eigenvalue weighted by atomic mass is 19.4. The standard InChI is InChI=1S/C17H15F3N4O/c18-17(19,20)10-5-6-13(25)11(7-10)16-23-14(9-3-1-2-4-9)12(8-21)15(22)24-16/h5-7,9,25H,1-4H2,(H2,22,23,24). The van der Waals surface area contributed by atoms with E-state index in [1.165, 1.54) is 0 Å². The molecule has 1 aliphatic carbocycles. The van der Waals surface area contributed by atoms with Crippen molar-refractivity contribution in [3.05, 3.63) is 35.0 Å². The molecule has 3 rings (SSSR count). The largest absolute Gasteiger partial charge is 0.507 e. The second-order valence-corrected chi connectivity index (χ2v) is 6.02. The Morgan fingerprint density at radius 2 is 1.88 bits per heavy atom. The van der Waals surface area contributed by atoms with Gasteiger partial charge < -0.3 is 10.8 Å². The fourth-order valence-corrected chi connectivity index (χ4v) is 3.12.